The van der Waals surface area contributed by atoms with E-state index in [9.17, 15) is 0 Å². The van der Waals surface area contributed by atoms with E-state index in [1.54, 1.807) is 23.9 Å². The van der Waals surface area contributed by atoms with Gasteiger partial charge in [0.15, 0.2) is 5.82 Å². The van der Waals surface area contributed by atoms with Crippen molar-refractivity contribution in [2.24, 2.45) is 0 Å². The molecule has 1 N–H and O–H groups in total. The molecule has 0 fully saturated rings. The summed E-state index contributed by atoms with van der Waals surface area (Å²) in [7, 11) is 0. The Labute approximate surface area is 103 Å². The molecule has 6 heteroatoms. The predicted molar refractivity (Wildman–Crippen MR) is 65.3 cm³/mol. The fraction of sp³-hybridized carbons (Fsp3) is 0.364. The van der Waals surface area contributed by atoms with Gasteiger partial charge in [-0.25, -0.2) is 0 Å². The molecule has 0 bridgehead atoms. The molecule has 0 saturated heterocycles. The van der Waals surface area contributed by atoms with Crippen LogP contribution < -0.4 is 0 Å². The van der Waals surface area contributed by atoms with Gasteiger partial charge < -0.3 is 9.51 Å². The minimum atomic E-state index is 0.429. The van der Waals surface area contributed by atoms with Crippen LogP contribution in [0.1, 0.15) is 24.9 Å². The minimum absolute atomic E-state index is 0.429. The molecular formula is C11H12N4OS. The molecule has 2 aromatic heterocycles. The Kier molecular flexibility index (Phi) is 3.83. The van der Waals surface area contributed by atoms with E-state index in [4.69, 9.17) is 9.78 Å². The summed E-state index contributed by atoms with van der Waals surface area (Å²) in [5.74, 6) is 2.96. The van der Waals surface area contributed by atoms with Gasteiger partial charge >= 0.3 is 0 Å². The molecule has 0 spiro atoms. The summed E-state index contributed by atoms with van der Waals surface area (Å²) in [5, 5.41) is 12.6. The van der Waals surface area contributed by atoms with Crippen LogP contribution in [0, 0.1) is 11.3 Å². The van der Waals surface area contributed by atoms with Crippen LogP contribution in [0.5, 0.6) is 0 Å². The number of aromatic amines is 1. The van der Waals surface area contributed by atoms with E-state index in [0.29, 0.717) is 23.1 Å². The highest BCUT2D eigenvalue weighted by atomic mass is 32.2. The molecule has 2 aromatic rings. The third-order valence-electron chi connectivity index (χ3n) is 2.08. The van der Waals surface area contributed by atoms with E-state index in [0.717, 1.165) is 17.9 Å². The maximum absolute atomic E-state index is 8.70. The topological polar surface area (TPSA) is 78.5 Å². The Balaban J connectivity index is 2.05. The smallest absolute Gasteiger partial charge is 0.274 e. The normalized spacial score (nSPS) is 10.4. The summed E-state index contributed by atoms with van der Waals surface area (Å²) >= 11 is 1.78. The molecule has 2 heterocycles. The second-order valence-electron chi connectivity index (χ2n) is 3.47. The van der Waals surface area contributed by atoms with Crippen molar-refractivity contribution in [2.45, 2.75) is 19.1 Å². The molecular weight excluding hydrogens is 236 g/mol. The lowest BCUT2D eigenvalue weighted by Crippen LogP contribution is -1.85. The number of nitrogens with one attached hydrogen (secondary N) is 1. The summed E-state index contributed by atoms with van der Waals surface area (Å²) in [6.45, 7) is 2.14. The van der Waals surface area contributed by atoms with Gasteiger partial charge in [-0.1, -0.05) is 12.1 Å². The highest BCUT2D eigenvalue weighted by Gasteiger charge is 2.10. The average molecular weight is 248 g/mol. The molecule has 0 aromatic carbocycles. The van der Waals surface area contributed by atoms with Crippen LogP contribution in [0.15, 0.2) is 16.7 Å². The number of nitrogens with zero attached hydrogens (tertiary/aromatic N) is 3. The van der Waals surface area contributed by atoms with Gasteiger partial charge in [-0.05, 0) is 24.3 Å². The Morgan fingerprint density at radius 2 is 2.41 bits per heavy atom. The zero-order valence-electron chi connectivity index (χ0n) is 9.43. The number of aromatic nitrogens is 3. The molecule has 0 amide bonds. The monoisotopic (exact) mass is 248 g/mol. The second-order valence-corrected chi connectivity index (χ2v) is 4.57. The van der Waals surface area contributed by atoms with Crippen molar-refractivity contribution >= 4 is 11.8 Å². The van der Waals surface area contributed by atoms with E-state index in [1.807, 2.05) is 6.07 Å². The summed E-state index contributed by atoms with van der Waals surface area (Å²) in [4.78, 5) is 7.16. The summed E-state index contributed by atoms with van der Waals surface area (Å²) in [5.41, 5.74) is 1.17. The van der Waals surface area contributed by atoms with Gasteiger partial charge in [0.2, 0.25) is 0 Å². The first-order valence-electron chi connectivity index (χ1n) is 5.33. The molecule has 2 rings (SSSR count). The number of rotatable bonds is 5. The lowest BCUT2D eigenvalue weighted by atomic mass is 10.4. The van der Waals surface area contributed by atoms with E-state index in [-0.39, 0.29) is 0 Å². The van der Waals surface area contributed by atoms with Crippen LogP contribution in [0.3, 0.4) is 0 Å². The SMILES string of the molecule is CCCSCc1noc(-c2ccc(C#N)[nH]2)n1. The van der Waals surface area contributed by atoms with Crippen molar-refractivity contribution < 1.29 is 4.52 Å². The second kappa shape index (κ2) is 5.55. The van der Waals surface area contributed by atoms with E-state index < -0.39 is 0 Å². The van der Waals surface area contributed by atoms with Crippen molar-refractivity contribution in [1.29, 1.82) is 5.26 Å². The quantitative estimate of drug-likeness (QED) is 0.823. The maximum Gasteiger partial charge on any atom is 0.274 e. The Hall–Kier alpha value is -1.74. The standard InChI is InChI=1S/C11H12N4OS/c1-2-5-17-7-10-14-11(16-15-10)9-4-3-8(6-12)13-9/h3-4,13H,2,5,7H2,1H3. The Morgan fingerprint density at radius 1 is 1.53 bits per heavy atom. The first kappa shape index (κ1) is 11.7. The largest absolute Gasteiger partial charge is 0.342 e. The third-order valence-corrected chi connectivity index (χ3v) is 3.24. The zero-order chi connectivity index (χ0) is 12.1. The van der Waals surface area contributed by atoms with Gasteiger partial charge in [0.1, 0.15) is 17.5 Å². The van der Waals surface area contributed by atoms with Crippen molar-refractivity contribution in [3.05, 3.63) is 23.7 Å². The Bertz CT molecular complexity index is 526. The highest BCUT2D eigenvalue weighted by Crippen LogP contribution is 2.18. The van der Waals surface area contributed by atoms with Crippen LogP contribution in [0.25, 0.3) is 11.6 Å². The molecule has 5 nitrogen and oxygen atoms in total. The lowest BCUT2D eigenvalue weighted by Gasteiger charge is -1.91. The average Bonchev–Trinajstić information content (AvgIpc) is 2.97. The van der Waals surface area contributed by atoms with Crippen molar-refractivity contribution in [3.63, 3.8) is 0 Å². The van der Waals surface area contributed by atoms with E-state index in [1.165, 1.54) is 0 Å². The molecule has 0 unspecified atom stereocenters. The summed E-state index contributed by atoms with van der Waals surface area (Å²) < 4.78 is 5.12. The van der Waals surface area contributed by atoms with Crippen LogP contribution in [0.2, 0.25) is 0 Å². The van der Waals surface area contributed by atoms with Gasteiger partial charge in [0.25, 0.3) is 5.89 Å². The molecule has 17 heavy (non-hydrogen) atoms. The summed E-state index contributed by atoms with van der Waals surface area (Å²) in [6, 6.07) is 5.46. The molecule has 0 atom stereocenters. The van der Waals surface area contributed by atoms with E-state index >= 15 is 0 Å². The number of thioether (sulfide) groups is 1. The molecule has 0 aliphatic heterocycles. The number of H-pyrrole nitrogens is 1. The van der Waals surface area contributed by atoms with E-state index in [2.05, 4.69) is 22.0 Å². The van der Waals surface area contributed by atoms with Crippen LogP contribution in [0.4, 0.5) is 0 Å². The Morgan fingerprint density at radius 3 is 3.12 bits per heavy atom. The third kappa shape index (κ3) is 2.88. The van der Waals surface area contributed by atoms with Gasteiger partial charge in [-0.15, -0.1) is 0 Å². The molecule has 0 aliphatic carbocycles. The fourth-order valence-corrected chi connectivity index (χ4v) is 2.05. The fourth-order valence-electron chi connectivity index (χ4n) is 1.31. The van der Waals surface area contributed by atoms with Gasteiger partial charge in [-0.2, -0.15) is 22.0 Å². The van der Waals surface area contributed by atoms with Crippen molar-refractivity contribution in [1.82, 2.24) is 15.1 Å². The predicted octanol–water partition coefficient (Wildman–Crippen LogP) is 2.58. The molecule has 0 saturated carbocycles. The number of hydrogen-bond acceptors (Lipinski definition) is 5. The number of hydrogen-bond donors (Lipinski definition) is 1. The first-order valence-corrected chi connectivity index (χ1v) is 6.48. The minimum Gasteiger partial charge on any atom is -0.342 e. The van der Waals surface area contributed by atoms with Crippen LogP contribution >= 0.6 is 11.8 Å². The molecule has 88 valence electrons. The van der Waals surface area contributed by atoms with Crippen LogP contribution in [-0.2, 0) is 5.75 Å². The summed E-state index contributed by atoms with van der Waals surface area (Å²) in [6.07, 6.45) is 1.14. The van der Waals surface area contributed by atoms with Gasteiger partial charge in [0.05, 0.1) is 5.75 Å². The lowest BCUT2D eigenvalue weighted by molar-refractivity contribution is 0.424. The number of nitriles is 1. The zero-order valence-corrected chi connectivity index (χ0v) is 10.3. The highest BCUT2D eigenvalue weighted by molar-refractivity contribution is 7.98. The first-order chi connectivity index (χ1) is 8.33. The van der Waals surface area contributed by atoms with Crippen molar-refractivity contribution in [2.75, 3.05) is 5.75 Å². The molecule has 0 aliphatic rings. The van der Waals surface area contributed by atoms with Crippen LogP contribution in [-0.4, -0.2) is 20.9 Å². The van der Waals surface area contributed by atoms with Gasteiger partial charge in [0, 0.05) is 0 Å². The van der Waals surface area contributed by atoms with Gasteiger partial charge in [-0.3, -0.25) is 0 Å². The molecule has 0 radical (unpaired) electrons. The van der Waals surface area contributed by atoms with Crippen molar-refractivity contribution in [3.8, 4) is 17.7 Å². The maximum atomic E-state index is 8.70.